The molecule has 1 aromatic carbocycles. The second-order valence-electron chi connectivity index (χ2n) is 7.18. The van der Waals surface area contributed by atoms with Gasteiger partial charge in [0.15, 0.2) is 0 Å². The number of aliphatic carboxylic acids is 1. The smallest absolute Gasteiger partial charge is 0.310 e. The Bertz CT molecular complexity index is 1140. The number of sulfonamides is 1. The number of fused-ring (bicyclic) bond motifs is 2. The third kappa shape index (κ3) is 3.46. The topological polar surface area (TPSA) is 148 Å². The summed E-state index contributed by atoms with van der Waals surface area (Å²) >= 11 is 0. The van der Waals surface area contributed by atoms with Crippen molar-refractivity contribution in [3.05, 3.63) is 47.7 Å². The van der Waals surface area contributed by atoms with Gasteiger partial charge < -0.3 is 19.7 Å². The first-order valence-electron chi connectivity index (χ1n) is 9.10. The van der Waals surface area contributed by atoms with Crippen molar-refractivity contribution in [3.63, 3.8) is 0 Å². The van der Waals surface area contributed by atoms with Gasteiger partial charge in [-0.15, -0.1) is 0 Å². The van der Waals surface area contributed by atoms with E-state index in [1.807, 2.05) is 0 Å². The van der Waals surface area contributed by atoms with Gasteiger partial charge in [-0.25, -0.2) is 13.1 Å². The van der Waals surface area contributed by atoms with E-state index in [1.54, 1.807) is 26.0 Å². The van der Waals surface area contributed by atoms with Crippen molar-refractivity contribution in [3.8, 4) is 0 Å². The van der Waals surface area contributed by atoms with E-state index >= 15 is 0 Å². The predicted octanol–water partition coefficient (Wildman–Crippen LogP) is 1.68. The zero-order valence-electron chi connectivity index (χ0n) is 16.0. The standard InChI is InChI=1S/C19H19N3O7S/c1-9-10(2)21-29-18(9)22-30(26,27)12-5-3-11(4-6-12)20-17(23)15-13-7-8-14(28-13)16(15)19(24)25/h3-8,13-16,22H,1-2H3,(H,20,23)(H,24,25)/t13-,14-,15-,16-/m1/s1. The highest BCUT2D eigenvalue weighted by Crippen LogP contribution is 2.39. The fourth-order valence-corrected chi connectivity index (χ4v) is 4.60. The number of rotatable bonds is 6. The number of ether oxygens (including phenoxy) is 1. The van der Waals surface area contributed by atoms with E-state index in [0.29, 0.717) is 16.9 Å². The normalized spacial score (nSPS) is 24.7. The van der Waals surface area contributed by atoms with E-state index in [1.165, 1.54) is 24.3 Å². The minimum atomic E-state index is -3.91. The molecule has 0 saturated carbocycles. The number of benzene rings is 1. The van der Waals surface area contributed by atoms with Gasteiger partial charge in [-0.1, -0.05) is 17.3 Å². The van der Waals surface area contributed by atoms with Crippen LogP contribution < -0.4 is 10.0 Å². The molecule has 2 aromatic rings. The predicted molar refractivity (Wildman–Crippen MR) is 104 cm³/mol. The monoisotopic (exact) mass is 433 g/mol. The Labute approximate surface area is 171 Å². The molecule has 1 amide bonds. The molecule has 3 heterocycles. The van der Waals surface area contributed by atoms with Gasteiger partial charge in [0.2, 0.25) is 11.8 Å². The van der Waals surface area contributed by atoms with Crippen LogP contribution in [0.25, 0.3) is 0 Å². The van der Waals surface area contributed by atoms with Crippen molar-refractivity contribution in [2.45, 2.75) is 31.0 Å². The fourth-order valence-electron chi connectivity index (χ4n) is 3.55. The van der Waals surface area contributed by atoms with Crippen LogP contribution in [0.15, 0.2) is 45.8 Å². The summed E-state index contributed by atoms with van der Waals surface area (Å²) < 4.78 is 37.9. The Morgan fingerprint density at radius 3 is 2.27 bits per heavy atom. The molecular weight excluding hydrogens is 414 g/mol. The molecule has 2 aliphatic rings. The molecule has 10 nitrogen and oxygen atoms in total. The van der Waals surface area contributed by atoms with Gasteiger partial charge in [0.05, 0.1) is 28.7 Å². The number of nitrogens with one attached hydrogen (secondary N) is 2. The Kier molecular flexibility index (Phi) is 4.86. The lowest BCUT2D eigenvalue weighted by Crippen LogP contribution is -2.39. The number of aryl methyl sites for hydroxylation is 1. The second kappa shape index (κ2) is 7.26. The van der Waals surface area contributed by atoms with Crippen LogP contribution in [0.5, 0.6) is 0 Å². The number of hydrogen-bond acceptors (Lipinski definition) is 7. The molecule has 1 fully saturated rings. The number of hydrogen-bond donors (Lipinski definition) is 3. The van der Waals surface area contributed by atoms with Crippen LogP contribution in [-0.2, 0) is 24.3 Å². The maximum atomic E-state index is 12.6. The summed E-state index contributed by atoms with van der Waals surface area (Å²) in [5, 5.41) is 15.8. The molecular formula is C19H19N3O7S. The van der Waals surface area contributed by atoms with Crippen LogP contribution in [0.1, 0.15) is 11.3 Å². The summed E-state index contributed by atoms with van der Waals surface area (Å²) in [6, 6.07) is 5.49. The van der Waals surface area contributed by atoms with Crippen LogP contribution >= 0.6 is 0 Å². The first kappa shape index (κ1) is 20.1. The molecule has 2 aliphatic heterocycles. The molecule has 4 atom stereocenters. The molecule has 4 rings (SSSR count). The van der Waals surface area contributed by atoms with E-state index < -0.39 is 45.9 Å². The fraction of sp³-hybridized carbons (Fsp3) is 0.316. The molecule has 158 valence electrons. The van der Waals surface area contributed by atoms with E-state index in [4.69, 9.17) is 9.26 Å². The summed E-state index contributed by atoms with van der Waals surface area (Å²) in [4.78, 5) is 24.1. The van der Waals surface area contributed by atoms with Gasteiger partial charge in [-0.05, 0) is 38.1 Å². The Hall–Kier alpha value is -3.18. The number of anilines is 2. The Morgan fingerprint density at radius 2 is 1.70 bits per heavy atom. The summed E-state index contributed by atoms with van der Waals surface area (Å²) in [6.07, 6.45) is 2.12. The van der Waals surface area contributed by atoms with Crippen molar-refractivity contribution >= 4 is 33.5 Å². The van der Waals surface area contributed by atoms with Crippen LogP contribution in [0, 0.1) is 25.7 Å². The summed E-state index contributed by atoms with van der Waals surface area (Å²) in [7, 11) is -3.91. The number of carboxylic acids is 1. The van der Waals surface area contributed by atoms with Crippen molar-refractivity contribution in [1.29, 1.82) is 0 Å². The lowest BCUT2D eigenvalue weighted by atomic mass is 9.82. The minimum absolute atomic E-state index is 0.0360. The number of aromatic nitrogens is 1. The molecule has 0 aliphatic carbocycles. The number of carbonyl (C=O) groups excluding carboxylic acids is 1. The molecule has 1 aromatic heterocycles. The molecule has 0 unspecified atom stereocenters. The lowest BCUT2D eigenvalue weighted by molar-refractivity contribution is -0.145. The second-order valence-corrected chi connectivity index (χ2v) is 8.86. The first-order valence-corrected chi connectivity index (χ1v) is 10.6. The molecule has 2 bridgehead atoms. The largest absolute Gasteiger partial charge is 0.481 e. The molecule has 3 N–H and O–H groups in total. The zero-order chi connectivity index (χ0) is 21.6. The van der Waals surface area contributed by atoms with E-state index in [0.717, 1.165) is 0 Å². The number of amides is 1. The van der Waals surface area contributed by atoms with Crippen LogP contribution in [0.2, 0.25) is 0 Å². The highest BCUT2D eigenvalue weighted by Gasteiger charge is 2.53. The third-order valence-electron chi connectivity index (χ3n) is 5.30. The van der Waals surface area contributed by atoms with E-state index in [9.17, 15) is 23.1 Å². The number of carboxylic acid groups (broad SMARTS) is 1. The lowest BCUT2D eigenvalue weighted by Gasteiger charge is -2.21. The van der Waals surface area contributed by atoms with Crippen molar-refractivity contribution in [2.24, 2.45) is 11.8 Å². The van der Waals surface area contributed by atoms with Crippen molar-refractivity contribution < 1.29 is 32.4 Å². The SMILES string of the molecule is Cc1noc(NS(=O)(=O)c2ccc(NC(=O)[C@H]3[C@H](C(=O)O)[C@H]4C=C[C@H]3O4)cc2)c1C. The number of carbonyl (C=O) groups is 2. The van der Waals surface area contributed by atoms with Gasteiger partial charge in [-0.3, -0.25) is 9.59 Å². The number of nitrogens with zero attached hydrogens (tertiary/aromatic N) is 1. The van der Waals surface area contributed by atoms with Crippen LogP contribution in [-0.4, -0.2) is 42.8 Å². The van der Waals surface area contributed by atoms with Gasteiger partial charge in [-0.2, -0.15) is 0 Å². The quantitative estimate of drug-likeness (QED) is 0.583. The van der Waals surface area contributed by atoms with Gasteiger partial charge in [0, 0.05) is 11.3 Å². The Balaban J connectivity index is 1.47. The first-order chi connectivity index (χ1) is 14.2. The summed E-state index contributed by atoms with van der Waals surface area (Å²) in [6.45, 7) is 3.38. The molecule has 1 saturated heterocycles. The average Bonchev–Trinajstić information content (AvgIpc) is 3.39. The summed E-state index contributed by atoms with van der Waals surface area (Å²) in [5.41, 5.74) is 1.49. The highest BCUT2D eigenvalue weighted by atomic mass is 32.2. The van der Waals surface area contributed by atoms with E-state index in [-0.39, 0.29) is 10.8 Å². The molecule has 0 radical (unpaired) electrons. The summed E-state index contributed by atoms with van der Waals surface area (Å²) in [5.74, 6) is -3.38. The maximum Gasteiger partial charge on any atom is 0.310 e. The maximum absolute atomic E-state index is 12.6. The average molecular weight is 433 g/mol. The van der Waals surface area contributed by atoms with Gasteiger partial charge in [0.25, 0.3) is 10.0 Å². The molecule has 11 heteroatoms. The zero-order valence-corrected chi connectivity index (χ0v) is 16.8. The van der Waals surface area contributed by atoms with Crippen molar-refractivity contribution in [1.82, 2.24) is 5.16 Å². The van der Waals surface area contributed by atoms with Crippen molar-refractivity contribution in [2.75, 3.05) is 10.0 Å². The molecule has 30 heavy (non-hydrogen) atoms. The van der Waals surface area contributed by atoms with E-state index in [2.05, 4.69) is 15.2 Å². The Morgan fingerprint density at radius 1 is 1.07 bits per heavy atom. The van der Waals surface area contributed by atoms with Crippen LogP contribution in [0.3, 0.4) is 0 Å². The van der Waals surface area contributed by atoms with Gasteiger partial charge in [0.1, 0.15) is 5.92 Å². The highest BCUT2D eigenvalue weighted by molar-refractivity contribution is 7.92. The van der Waals surface area contributed by atoms with Gasteiger partial charge >= 0.3 is 5.97 Å². The third-order valence-corrected chi connectivity index (χ3v) is 6.65. The molecule has 0 spiro atoms. The minimum Gasteiger partial charge on any atom is -0.481 e. The van der Waals surface area contributed by atoms with Crippen LogP contribution in [0.4, 0.5) is 11.6 Å².